The second kappa shape index (κ2) is 7.27. The predicted octanol–water partition coefficient (Wildman–Crippen LogP) is 2.08. The standard InChI is InChI=1S/C19H25N3O3/c1-13(2)10-21-8-6-15-9-16(3-4-17(15)21)20-18(24)19(25)22-7-5-14(11-22)12-23/h3-4,6,8-9,13-14,23H,5,7,10-12H2,1-2H3,(H,20,24). The van der Waals surface area contributed by atoms with Gasteiger partial charge in [-0.3, -0.25) is 9.59 Å². The molecule has 1 fully saturated rings. The third-order valence-electron chi connectivity index (χ3n) is 4.62. The highest BCUT2D eigenvalue weighted by molar-refractivity contribution is 6.39. The van der Waals surface area contributed by atoms with Crippen LogP contribution in [0, 0.1) is 11.8 Å². The Labute approximate surface area is 147 Å². The zero-order valence-electron chi connectivity index (χ0n) is 14.7. The molecule has 2 aromatic rings. The number of anilines is 1. The van der Waals surface area contributed by atoms with E-state index in [-0.39, 0.29) is 12.5 Å². The van der Waals surface area contributed by atoms with Crippen molar-refractivity contribution in [2.75, 3.05) is 25.0 Å². The fraction of sp³-hybridized carbons (Fsp3) is 0.474. The van der Waals surface area contributed by atoms with E-state index >= 15 is 0 Å². The fourth-order valence-corrected chi connectivity index (χ4v) is 3.32. The van der Waals surface area contributed by atoms with Gasteiger partial charge < -0.3 is 19.9 Å². The summed E-state index contributed by atoms with van der Waals surface area (Å²) in [4.78, 5) is 25.9. The van der Waals surface area contributed by atoms with Crippen LogP contribution in [0.1, 0.15) is 20.3 Å². The number of nitrogens with one attached hydrogen (secondary N) is 1. The van der Waals surface area contributed by atoms with Crippen LogP contribution in [0.3, 0.4) is 0 Å². The normalized spacial score (nSPS) is 17.4. The Morgan fingerprint density at radius 3 is 2.80 bits per heavy atom. The van der Waals surface area contributed by atoms with Gasteiger partial charge >= 0.3 is 11.8 Å². The molecule has 2 heterocycles. The summed E-state index contributed by atoms with van der Waals surface area (Å²) in [6.45, 7) is 6.30. The highest BCUT2D eigenvalue weighted by Gasteiger charge is 2.29. The molecule has 1 aliphatic heterocycles. The lowest BCUT2D eigenvalue weighted by molar-refractivity contribution is -0.142. The number of carbonyl (C=O) groups excluding carboxylic acids is 2. The van der Waals surface area contributed by atoms with Crippen LogP contribution in [0.25, 0.3) is 10.9 Å². The molecule has 2 N–H and O–H groups in total. The first kappa shape index (κ1) is 17.5. The number of hydrogen-bond acceptors (Lipinski definition) is 3. The molecule has 1 aromatic carbocycles. The molecule has 0 aliphatic carbocycles. The third-order valence-corrected chi connectivity index (χ3v) is 4.62. The molecule has 1 aliphatic rings. The maximum absolute atomic E-state index is 12.2. The van der Waals surface area contributed by atoms with Crippen molar-refractivity contribution in [3.63, 3.8) is 0 Å². The fourth-order valence-electron chi connectivity index (χ4n) is 3.32. The summed E-state index contributed by atoms with van der Waals surface area (Å²) in [6, 6.07) is 7.69. The predicted molar refractivity (Wildman–Crippen MR) is 97.2 cm³/mol. The van der Waals surface area contributed by atoms with Gasteiger partial charge in [0.05, 0.1) is 0 Å². The average Bonchev–Trinajstić information content (AvgIpc) is 3.21. The zero-order valence-corrected chi connectivity index (χ0v) is 14.7. The minimum atomic E-state index is -0.625. The van der Waals surface area contributed by atoms with Crippen molar-refractivity contribution in [3.8, 4) is 0 Å². The van der Waals surface area contributed by atoms with Crippen molar-refractivity contribution >= 4 is 28.4 Å². The Kier molecular flexibility index (Phi) is 5.08. The van der Waals surface area contributed by atoms with Crippen molar-refractivity contribution in [1.29, 1.82) is 0 Å². The van der Waals surface area contributed by atoms with E-state index in [4.69, 9.17) is 5.11 Å². The largest absolute Gasteiger partial charge is 0.396 e. The van der Waals surface area contributed by atoms with Gasteiger partial charge in [-0.25, -0.2) is 0 Å². The molecule has 1 aromatic heterocycles. The van der Waals surface area contributed by atoms with Gasteiger partial charge in [0.2, 0.25) is 0 Å². The summed E-state index contributed by atoms with van der Waals surface area (Å²) in [5, 5.41) is 12.9. The number of hydrogen-bond donors (Lipinski definition) is 2. The van der Waals surface area contributed by atoms with Crippen molar-refractivity contribution in [3.05, 3.63) is 30.5 Å². The Morgan fingerprint density at radius 1 is 1.32 bits per heavy atom. The number of aromatic nitrogens is 1. The number of fused-ring (bicyclic) bond motifs is 1. The lowest BCUT2D eigenvalue weighted by Gasteiger charge is -2.15. The van der Waals surface area contributed by atoms with Crippen LogP contribution in [0.2, 0.25) is 0 Å². The zero-order chi connectivity index (χ0) is 18.0. The Morgan fingerprint density at radius 2 is 2.12 bits per heavy atom. The summed E-state index contributed by atoms with van der Waals surface area (Å²) in [5.74, 6) is -0.530. The molecule has 134 valence electrons. The molecule has 0 spiro atoms. The molecule has 6 heteroatoms. The van der Waals surface area contributed by atoms with Crippen LogP contribution in [0.4, 0.5) is 5.69 Å². The van der Waals surface area contributed by atoms with E-state index in [2.05, 4.69) is 23.7 Å². The highest BCUT2D eigenvalue weighted by Crippen LogP contribution is 2.22. The second-order valence-corrected chi connectivity index (χ2v) is 7.18. The maximum Gasteiger partial charge on any atom is 0.313 e. The van der Waals surface area contributed by atoms with Gasteiger partial charge in [0.1, 0.15) is 0 Å². The molecule has 6 nitrogen and oxygen atoms in total. The van der Waals surface area contributed by atoms with E-state index in [1.165, 1.54) is 4.90 Å². The van der Waals surface area contributed by atoms with Crippen molar-refractivity contribution in [2.24, 2.45) is 11.8 Å². The Balaban J connectivity index is 1.68. The average molecular weight is 343 g/mol. The summed E-state index contributed by atoms with van der Waals surface area (Å²) in [5.41, 5.74) is 1.73. The molecular formula is C19H25N3O3. The van der Waals surface area contributed by atoms with E-state index in [1.807, 2.05) is 30.5 Å². The number of nitrogens with zero attached hydrogens (tertiary/aromatic N) is 2. The third kappa shape index (κ3) is 3.85. The number of carbonyl (C=O) groups is 2. The first-order valence-electron chi connectivity index (χ1n) is 8.78. The van der Waals surface area contributed by atoms with Gasteiger partial charge in [0.15, 0.2) is 0 Å². The summed E-state index contributed by atoms with van der Waals surface area (Å²) >= 11 is 0. The van der Waals surface area contributed by atoms with Crippen LogP contribution < -0.4 is 5.32 Å². The summed E-state index contributed by atoms with van der Waals surface area (Å²) in [7, 11) is 0. The van der Waals surface area contributed by atoms with Gasteiger partial charge in [-0.05, 0) is 36.6 Å². The Hall–Kier alpha value is -2.34. The van der Waals surface area contributed by atoms with E-state index in [9.17, 15) is 9.59 Å². The number of rotatable bonds is 4. The molecule has 0 bridgehead atoms. The monoisotopic (exact) mass is 343 g/mol. The lowest BCUT2D eigenvalue weighted by atomic mass is 10.1. The first-order valence-corrected chi connectivity index (χ1v) is 8.78. The van der Waals surface area contributed by atoms with Crippen LogP contribution in [-0.4, -0.2) is 46.1 Å². The van der Waals surface area contributed by atoms with Crippen molar-refractivity contribution in [2.45, 2.75) is 26.8 Å². The van der Waals surface area contributed by atoms with Crippen molar-refractivity contribution in [1.82, 2.24) is 9.47 Å². The molecule has 3 rings (SSSR count). The van der Waals surface area contributed by atoms with Gasteiger partial charge in [0, 0.05) is 54.9 Å². The van der Waals surface area contributed by atoms with Crippen LogP contribution in [0.5, 0.6) is 0 Å². The number of benzene rings is 1. The minimum Gasteiger partial charge on any atom is -0.396 e. The Bertz CT molecular complexity index is 781. The van der Waals surface area contributed by atoms with E-state index in [0.29, 0.717) is 24.7 Å². The molecule has 0 radical (unpaired) electrons. The van der Waals surface area contributed by atoms with E-state index in [0.717, 1.165) is 23.9 Å². The van der Waals surface area contributed by atoms with Crippen LogP contribution in [0.15, 0.2) is 30.5 Å². The smallest absolute Gasteiger partial charge is 0.313 e. The topological polar surface area (TPSA) is 74.6 Å². The maximum atomic E-state index is 12.2. The SMILES string of the molecule is CC(C)Cn1ccc2cc(NC(=O)C(=O)N3CCC(CO)C3)ccc21. The molecule has 1 atom stereocenters. The first-order chi connectivity index (χ1) is 12.0. The second-order valence-electron chi connectivity index (χ2n) is 7.18. The minimum absolute atomic E-state index is 0.0510. The van der Waals surface area contributed by atoms with Crippen LogP contribution in [-0.2, 0) is 16.1 Å². The number of amides is 2. The number of aliphatic hydroxyl groups is 1. The molecule has 1 saturated heterocycles. The van der Waals surface area contributed by atoms with Crippen LogP contribution >= 0.6 is 0 Å². The van der Waals surface area contributed by atoms with Gasteiger partial charge in [-0.2, -0.15) is 0 Å². The van der Waals surface area contributed by atoms with Crippen molar-refractivity contribution < 1.29 is 14.7 Å². The van der Waals surface area contributed by atoms with Gasteiger partial charge in [-0.1, -0.05) is 13.8 Å². The lowest BCUT2D eigenvalue weighted by Crippen LogP contribution is -2.38. The molecule has 2 amide bonds. The van der Waals surface area contributed by atoms with Gasteiger partial charge in [-0.15, -0.1) is 0 Å². The van der Waals surface area contributed by atoms with Gasteiger partial charge in [0.25, 0.3) is 0 Å². The summed E-state index contributed by atoms with van der Waals surface area (Å²) in [6.07, 6.45) is 2.78. The molecule has 1 unspecified atom stereocenters. The number of likely N-dealkylation sites (tertiary alicyclic amines) is 1. The molecule has 0 saturated carbocycles. The number of aliphatic hydroxyl groups excluding tert-OH is 1. The van der Waals surface area contributed by atoms with E-state index in [1.54, 1.807) is 0 Å². The van der Waals surface area contributed by atoms with E-state index < -0.39 is 11.8 Å². The molecule has 25 heavy (non-hydrogen) atoms. The summed E-state index contributed by atoms with van der Waals surface area (Å²) < 4.78 is 2.19. The molecular weight excluding hydrogens is 318 g/mol. The quantitative estimate of drug-likeness (QED) is 0.835. The highest BCUT2D eigenvalue weighted by atomic mass is 16.3.